The van der Waals surface area contributed by atoms with Crippen LogP contribution in [0.25, 0.3) is 0 Å². The van der Waals surface area contributed by atoms with Gasteiger partial charge in [-0.15, -0.1) is 0 Å². The maximum atomic E-state index is 6.86. The minimum Gasteiger partial charge on any atom is -0.369 e. The Hall–Kier alpha value is -1.06. The molecule has 0 spiro atoms. The van der Waals surface area contributed by atoms with Crippen LogP contribution in [-0.2, 0) is 0 Å². The molecule has 0 atom stereocenters. The van der Waals surface area contributed by atoms with Crippen molar-refractivity contribution in [1.29, 1.82) is 5.41 Å². The lowest BCUT2D eigenvalue weighted by Crippen LogP contribution is -2.26. The monoisotopic (exact) mass is 170 g/mol. The predicted molar refractivity (Wildman–Crippen MR) is 52.3 cm³/mol. The molecule has 0 amide bonds. The number of nitrogens with two attached hydrogens (primary N) is 1. The summed E-state index contributed by atoms with van der Waals surface area (Å²) in [7, 11) is 0. The van der Waals surface area contributed by atoms with E-state index >= 15 is 0 Å². The molecule has 4 nitrogen and oxygen atoms in total. The van der Waals surface area contributed by atoms with E-state index in [9.17, 15) is 0 Å². The molecule has 0 rings (SSSR count). The van der Waals surface area contributed by atoms with E-state index in [4.69, 9.17) is 11.1 Å². The molecule has 0 heterocycles. The molecule has 0 aromatic rings. The molecule has 0 bridgehead atoms. The van der Waals surface area contributed by atoms with Crippen LogP contribution in [0.1, 0.15) is 39.5 Å². The maximum Gasteiger partial charge on any atom is 0.206 e. The summed E-state index contributed by atoms with van der Waals surface area (Å²) < 4.78 is 0. The fraction of sp³-hybridized carbons (Fsp3) is 0.750. The third kappa shape index (κ3) is 7.05. The molecule has 0 unspecified atom stereocenters. The normalized spacial score (nSPS) is 11.3. The highest BCUT2D eigenvalue weighted by molar-refractivity contribution is 5.83. The van der Waals surface area contributed by atoms with Crippen molar-refractivity contribution in [3.8, 4) is 0 Å². The van der Waals surface area contributed by atoms with Gasteiger partial charge in [0.25, 0.3) is 0 Å². The molecule has 0 aliphatic heterocycles. The molecule has 0 saturated heterocycles. The van der Waals surface area contributed by atoms with Crippen LogP contribution in [0.2, 0.25) is 0 Å². The third-order valence-corrected chi connectivity index (χ3v) is 1.51. The second-order valence-corrected chi connectivity index (χ2v) is 2.83. The standard InChI is InChI=1S/C8H18N4/c1-3-4-5-6-7(2)11-12-8(9)10/h3-6H2,1-2H3,(H4,9,10,12). The lowest BCUT2D eigenvalue weighted by Gasteiger charge is -2.00. The fourth-order valence-corrected chi connectivity index (χ4v) is 0.842. The summed E-state index contributed by atoms with van der Waals surface area (Å²) in [4.78, 5) is 0. The summed E-state index contributed by atoms with van der Waals surface area (Å²) in [5, 5.41) is 10.8. The van der Waals surface area contributed by atoms with Gasteiger partial charge in [-0.3, -0.25) is 5.41 Å². The van der Waals surface area contributed by atoms with Crippen LogP contribution in [0.15, 0.2) is 5.10 Å². The number of hydrogen-bond acceptors (Lipinski definition) is 2. The number of hydrogen-bond donors (Lipinski definition) is 3. The van der Waals surface area contributed by atoms with Crippen LogP contribution in [-0.4, -0.2) is 11.7 Å². The molecule has 70 valence electrons. The zero-order valence-electron chi connectivity index (χ0n) is 7.85. The molecular formula is C8H18N4. The highest BCUT2D eigenvalue weighted by Gasteiger charge is 1.91. The molecule has 0 saturated carbocycles. The Morgan fingerprint density at radius 3 is 2.67 bits per heavy atom. The van der Waals surface area contributed by atoms with Gasteiger partial charge in [-0.25, -0.2) is 5.43 Å². The first-order valence-electron chi connectivity index (χ1n) is 4.30. The number of unbranched alkanes of at least 4 members (excludes halogenated alkanes) is 2. The quantitative estimate of drug-likeness (QED) is 0.253. The lowest BCUT2D eigenvalue weighted by atomic mass is 10.1. The highest BCUT2D eigenvalue weighted by Crippen LogP contribution is 1.99. The second-order valence-electron chi connectivity index (χ2n) is 2.83. The lowest BCUT2D eigenvalue weighted by molar-refractivity contribution is 0.738. The Morgan fingerprint density at radius 2 is 2.17 bits per heavy atom. The van der Waals surface area contributed by atoms with Crippen molar-refractivity contribution >= 4 is 11.7 Å². The van der Waals surface area contributed by atoms with E-state index in [-0.39, 0.29) is 5.96 Å². The summed E-state index contributed by atoms with van der Waals surface area (Å²) >= 11 is 0. The molecule has 0 aromatic carbocycles. The topological polar surface area (TPSA) is 74.3 Å². The summed E-state index contributed by atoms with van der Waals surface area (Å²) in [6.45, 7) is 4.10. The van der Waals surface area contributed by atoms with Gasteiger partial charge in [-0.05, 0) is 19.8 Å². The van der Waals surface area contributed by atoms with Gasteiger partial charge >= 0.3 is 0 Å². The van der Waals surface area contributed by atoms with Crippen LogP contribution in [0.5, 0.6) is 0 Å². The predicted octanol–water partition coefficient (Wildman–Crippen LogP) is 1.43. The van der Waals surface area contributed by atoms with Crippen LogP contribution >= 0.6 is 0 Å². The minimum absolute atomic E-state index is 0.107. The average molecular weight is 170 g/mol. The molecule has 0 fully saturated rings. The first kappa shape index (κ1) is 10.9. The van der Waals surface area contributed by atoms with Crippen molar-refractivity contribution < 1.29 is 0 Å². The third-order valence-electron chi connectivity index (χ3n) is 1.51. The Kier molecular flexibility index (Phi) is 6.05. The van der Waals surface area contributed by atoms with Crippen molar-refractivity contribution in [2.24, 2.45) is 10.8 Å². The summed E-state index contributed by atoms with van der Waals surface area (Å²) in [6, 6.07) is 0. The zero-order valence-corrected chi connectivity index (χ0v) is 7.85. The molecule has 4 heteroatoms. The van der Waals surface area contributed by atoms with E-state index in [1.54, 1.807) is 0 Å². The van der Waals surface area contributed by atoms with Gasteiger partial charge in [0.15, 0.2) is 0 Å². The van der Waals surface area contributed by atoms with Crippen LogP contribution in [0.3, 0.4) is 0 Å². The maximum absolute atomic E-state index is 6.86. The number of rotatable bonds is 5. The van der Waals surface area contributed by atoms with E-state index in [0.29, 0.717) is 0 Å². The molecule has 0 aromatic heterocycles. The van der Waals surface area contributed by atoms with E-state index < -0.39 is 0 Å². The zero-order chi connectivity index (χ0) is 9.40. The van der Waals surface area contributed by atoms with Gasteiger partial charge in [0.2, 0.25) is 5.96 Å². The van der Waals surface area contributed by atoms with Gasteiger partial charge in [0.1, 0.15) is 0 Å². The van der Waals surface area contributed by atoms with E-state index in [0.717, 1.165) is 18.6 Å². The molecule has 0 aliphatic carbocycles. The SMILES string of the molecule is CCCCCC(C)=NNC(=N)N. The Labute approximate surface area is 73.7 Å². The molecule has 0 aliphatic rings. The largest absolute Gasteiger partial charge is 0.369 e. The summed E-state index contributed by atoms with van der Waals surface area (Å²) in [5.74, 6) is -0.107. The van der Waals surface area contributed by atoms with Gasteiger partial charge in [0, 0.05) is 5.71 Å². The van der Waals surface area contributed by atoms with Gasteiger partial charge in [-0.2, -0.15) is 5.10 Å². The van der Waals surface area contributed by atoms with Gasteiger partial charge in [0.05, 0.1) is 0 Å². The number of hydrazone groups is 1. The Morgan fingerprint density at radius 1 is 1.50 bits per heavy atom. The van der Waals surface area contributed by atoms with Gasteiger partial charge < -0.3 is 5.73 Å². The molecule has 12 heavy (non-hydrogen) atoms. The van der Waals surface area contributed by atoms with Crippen molar-refractivity contribution in [2.45, 2.75) is 39.5 Å². The van der Waals surface area contributed by atoms with Crippen molar-refractivity contribution in [3.05, 3.63) is 0 Å². The minimum atomic E-state index is -0.107. The van der Waals surface area contributed by atoms with Crippen molar-refractivity contribution in [2.75, 3.05) is 0 Å². The second kappa shape index (κ2) is 6.64. The number of nitrogens with zero attached hydrogens (tertiary/aromatic N) is 1. The fourth-order valence-electron chi connectivity index (χ4n) is 0.842. The first-order chi connectivity index (χ1) is 5.66. The molecular weight excluding hydrogens is 152 g/mol. The van der Waals surface area contributed by atoms with Crippen molar-refractivity contribution in [3.63, 3.8) is 0 Å². The summed E-state index contributed by atoms with van der Waals surface area (Å²) in [6.07, 6.45) is 4.58. The smallest absolute Gasteiger partial charge is 0.206 e. The summed E-state index contributed by atoms with van der Waals surface area (Å²) in [5.41, 5.74) is 8.48. The van der Waals surface area contributed by atoms with Crippen LogP contribution in [0.4, 0.5) is 0 Å². The highest BCUT2D eigenvalue weighted by atomic mass is 15.3. The number of guanidine groups is 1. The van der Waals surface area contributed by atoms with E-state index in [1.165, 1.54) is 12.8 Å². The van der Waals surface area contributed by atoms with Gasteiger partial charge in [-0.1, -0.05) is 19.8 Å². The first-order valence-corrected chi connectivity index (χ1v) is 4.30. The van der Waals surface area contributed by atoms with Crippen molar-refractivity contribution in [1.82, 2.24) is 5.43 Å². The average Bonchev–Trinajstić information content (AvgIpc) is 2.01. The number of nitrogens with one attached hydrogen (secondary N) is 2. The molecule has 4 N–H and O–H groups in total. The Balaban J connectivity index is 3.49. The Bertz CT molecular complexity index is 162. The van der Waals surface area contributed by atoms with E-state index in [1.807, 2.05) is 6.92 Å². The van der Waals surface area contributed by atoms with Crippen LogP contribution in [0, 0.1) is 5.41 Å². The van der Waals surface area contributed by atoms with E-state index in [2.05, 4.69) is 17.5 Å². The van der Waals surface area contributed by atoms with Crippen LogP contribution < -0.4 is 11.2 Å². The molecule has 0 radical (unpaired) electrons.